The summed E-state index contributed by atoms with van der Waals surface area (Å²) in [5.41, 5.74) is 10.1. The van der Waals surface area contributed by atoms with Crippen molar-refractivity contribution in [1.82, 2.24) is 19.9 Å². The number of nitrogens with two attached hydrogens (primary N) is 1. The summed E-state index contributed by atoms with van der Waals surface area (Å²) in [6.07, 6.45) is 8.77. The van der Waals surface area contributed by atoms with Crippen LogP contribution in [0.15, 0.2) is 27.9 Å². The molecule has 0 radical (unpaired) electrons. The summed E-state index contributed by atoms with van der Waals surface area (Å²) in [6, 6.07) is 0. The highest BCUT2D eigenvalue weighted by atomic mass is 79.9. The van der Waals surface area contributed by atoms with Crippen LogP contribution in [0, 0.1) is 0 Å². The molecule has 1 saturated heterocycles. The average Bonchev–Trinajstić information content (AvgIpc) is 3.20. The second kappa shape index (κ2) is 5.48. The Morgan fingerprint density at radius 3 is 3.05 bits per heavy atom. The van der Waals surface area contributed by atoms with E-state index in [0.717, 1.165) is 59.4 Å². The van der Waals surface area contributed by atoms with Crippen LogP contribution in [0.1, 0.15) is 36.4 Å². The number of nitrogens with one attached hydrogen (secondary N) is 1. The number of nitrogens with zero attached hydrogens (tertiary/aromatic N) is 4. The van der Waals surface area contributed by atoms with Crippen molar-refractivity contribution in [1.29, 1.82) is 0 Å². The summed E-state index contributed by atoms with van der Waals surface area (Å²) < 4.78 is 2.55. The molecule has 1 atom stereocenters. The molecule has 1 fully saturated rings. The lowest BCUT2D eigenvalue weighted by atomic mass is 9.96. The molecule has 0 amide bonds. The molecule has 0 bridgehead atoms. The summed E-state index contributed by atoms with van der Waals surface area (Å²) in [5, 5.41) is 7.82. The minimum Gasteiger partial charge on any atom is -0.383 e. The molecule has 2 aliphatic heterocycles. The molecule has 2 aromatic heterocycles. The predicted molar refractivity (Wildman–Crippen MR) is 90.2 cm³/mol. The monoisotopic (exact) mass is 360 g/mol. The largest absolute Gasteiger partial charge is 0.383 e. The quantitative estimate of drug-likeness (QED) is 0.860. The molecule has 114 valence electrons. The maximum Gasteiger partial charge on any atom is 0.166 e. The van der Waals surface area contributed by atoms with Crippen molar-refractivity contribution in [3.8, 4) is 0 Å². The van der Waals surface area contributed by atoms with Gasteiger partial charge in [0, 0.05) is 25.1 Å². The van der Waals surface area contributed by atoms with E-state index in [-0.39, 0.29) is 0 Å². The van der Waals surface area contributed by atoms with Gasteiger partial charge in [-0.15, -0.1) is 0 Å². The lowest BCUT2D eigenvalue weighted by molar-refractivity contribution is 0.453. The van der Waals surface area contributed by atoms with Crippen molar-refractivity contribution in [3.63, 3.8) is 0 Å². The Hall–Kier alpha value is -1.73. The number of aromatic nitrogens is 3. The molecule has 2 aromatic rings. The Morgan fingerprint density at radius 1 is 1.41 bits per heavy atom. The van der Waals surface area contributed by atoms with Gasteiger partial charge in [-0.25, -0.2) is 4.98 Å². The lowest BCUT2D eigenvalue weighted by Gasteiger charge is -2.23. The van der Waals surface area contributed by atoms with Crippen LogP contribution < -0.4 is 11.1 Å². The summed E-state index contributed by atoms with van der Waals surface area (Å²) in [7, 11) is 0. The standard InChI is InChI=1S/C15H17BrN6/c16-12-13(9-3-1-5-18-7-9)21-15-10(11-4-2-6-19-11)8-20-22(15)14(12)17/h2,6,8-9,18H,1,3-5,7,17H2. The third-order valence-corrected chi connectivity index (χ3v) is 5.10. The Kier molecular flexibility index (Phi) is 3.46. The number of allylic oxidation sites excluding steroid dienone is 1. The van der Waals surface area contributed by atoms with Gasteiger partial charge in [-0.3, -0.25) is 4.99 Å². The molecule has 4 rings (SSSR count). The highest BCUT2D eigenvalue weighted by molar-refractivity contribution is 9.10. The first kappa shape index (κ1) is 13.9. The first-order valence-electron chi connectivity index (χ1n) is 7.51. The minimum atomic E-state index is 0.377. The SMILES string of the molecule is Nc1c(Br)c(C2CCCNC2)nc2c(C3=NC=CC3)cnn12. The van der Waals surface area contributed by atoms with Crippen LogP contribution in [0.25, 0.3) is 5.65 Å². The van der Waals surface area contributed by atoms with Crippen molar-refractivity contribution < 1.29 is 0 Å². The third-order valence-electron chi connectivity index (χ3n) is 4.29. The molecule has 4 heterocycles. The second-order valence-electron chi connectivity index (χ2n) is 5.70. The predicted octanol–water partition coefficient (Wildman–Crippen LogP) is 2.25. The number of anilines is 1. The van der Waals surface area contributed by atoms with Crippen LogP contribution in [0.2, 0.25) is 0 Å². The summed E-state index contributed by atoms with van der Waals surface area (Å²) in [4.78, 5) is 9.29. The molecular formula is C15H17BrN6. The van der Waals surface area contributed by atoms with E-state index in [0.29, 0.717) is 11.7 Å². The number of hydrogen-bond acceptors (Lipinski definition) is 5. The van der Waals surface area contributed by atoms with Crippen LogP contribution in [0.5, 0.6) is 0 Å². The van der Waals surface area contributed by atoms with E-state index in [1.165, 1.54) is 0 Å². The highest BCUT2D eigenvalue weighted by Gasteiger charge is 2.24. The first-order chi connectivity index (χ1) is 10.8. The van der Waals surface area contributed by atoms with E-state index in [1.54, 1.807) is 10.7 Å². The number of fused-ring (bicyclic) bond motifs is 1. The van der Waals surface area contributed by atoms with Crippen LogP contribution in [0.3, 0.4) is 0 Å². The molecule has 0 aliphatic carbocycles. The van der Waals surface area contributed by atoms with E-state index in [9.17, 15) is 0 Å². The van der Waals surface area contributed by atoms with Gasteiger partial charge in [0.05, 0.1) is 27.6 Å². The molecular weight excluding hydrogens is 344 g/mol. The second-order valence-corrected chi connectivity index (χ2v) is 6.49. The van der Waals surface area contributed by atoms with E-state index < -0.39 is 0 Å². The summed E-state index contributed by atoms with van der Waals surface area (Å²) in [5.74, 6) is 0.977. The average molecular weight is 361 g/mol. The smallest absolute Gasteiger partial charge is 0.166 e. The summed E-state index contributed by atoms with van der Waals surface area (Å²) >= 11 is 3.61. The van der Waals surface area contributed by atoms with E-state index in [2.05, 4.69) is 31.3 Å². The normalized spacial score (nSPS) is 21.5. The fourth-order valence-electron chi connectivity index (χ4n) is 3.11. The van der Waals surface area contributed by atoms with Crippen LogP contribution in [-0.4, -0.2) is 33.4 Å². The van der Waals surface area contributed by atoms with Gasteiger partial charge in [0.15, 0.2) is 5.65 Å². The molecule has 6 nitrogen and oxygen atoms in total. The fourth-order valence-corrected chi connectivity index (χ4v) is 3.69. The maximum absolute atomic E-state index is 6.28. The van der Waals surface area contributed by atoms with Crippen molar-refractivity contribution in [3.05, 3.63) is 34.2 Å². The molecule has 0 saturated carbocycles. The highest BCUT2D eigenvalue weighted by Crippen LogP contribution is 2.33. The van der Waals surface area contributed by atoms with Gasteiger partial charge in [0.2, 0.25) is 0 Å². The lowest BCUT2D eigenvalue weighted by Crippen LogP contribution is -2.29. The van der Waals surface area contributed by atoms with Gasteiger partial charge >= 0.3 is 0 Å². The molecule has 1 unspecified atom stereocenters. The zero-order chi connectivity index (χ0) is 15.1. The number of hydrogen-bond donors (Lipinski definition) is 2. The fraction of sp³-hybridized carbons (Fsp3) is 0.400. The van der Waals surface area contributed by atoms with Crippen LogP contribution >= 0.6 is 15.9 Å². The molecule has 3 N–H and O–H groups in total. The molecule has 2 aliphatic rings. The Labute approximate surface area is 136 Å². The van der Waals surface area contributed by atoms with Crippen molar-refractivity contribution in [2.45, 2.75) is 25.2 Å². The van der Waals surface area contributed by atoms with E-state index >= 15 is 0 Å². The molecule has 0 aromatic carbocycles. The van der Waals surface area contributed by atoms with Gasteiger partial charge in [-0.05, 0) is 35.3 Å². The Bertz CT molecular complexity index is 785. The Morgan fingerprint density at radius 2 is 2.32 bits per heavy atom. The molecule has 22 heavy (non-hydrogen) atoms. The van der Waals surface area contributed by atoms with E-state index in [1.807, 2.05) is 12.3 Å². The van der Waals surface area contributed by atoms with E-state index in [4.69, 9.17) is 10.7 Å². The minimum absolute atomic E-state index is 0.377. The Balaban J connectivity index is 1.86. The topological polar surface area (TPSA) is 80.6 Å². The molecule has 7 heteroatoms. The van der Waals surface area contributed by atoms with Crippen LogP contribution in [-0.2, 0) is 0 Å². The molecule has 0 spiro atoms. The van der Waals surface area contributed by atoms with Gasteiger partial charge in [-0.1, -0.05) is 6.08 Å². The number of piperidine rings is 1. The number of aliphatic imine (C=N–C) groups is 1. The summed E-state index contributed by atoms with van der Waals surface area (Å²) in [6.45, 7) is 2.01. The number of rotatable bonds is 2. The zero-order valence-electron chi connectivity index (χ0n) is 12.1. The van der Waals surface area contributed by atoms with Gasteiger partial charge in [0.1, 0.15) is 5.82 Å². The van der Waals surface area contributed by atoms with Gasteiger partial charge in [0.25, 0.3) is 0 Å². The van der Waals surface area contributed by atoms with Gasteiger partial charge < -0.3 is 11.1 Å². The maximum atomic E-state index is 6.28. The van der Waals surface area contributed by atoms with Crippen molar-refractivity contribution in [2.24, 2.45) is 4.99 Å². The first-order valence-corrected chi connectivity index (χ1v) is 8.30. The van der Waals surface area contributed by atoms with Crippen molar-refractivity contribution >= 4 is 33.1 Å². The van der Waals surface area contributed by atoms with Gasteiger partial charge in [-0.2, -0.15) is 9.61 Å². The number of halogens is 1. The number of nitrogen functional groups attached to an aromatic ring is 1. The van der Waals surface area contributed by atoms with Crippen molar-refractivity contribution in [2.75, 3.05) is 18.8 Å². The third kappa shape index (κ3) is 2.16. The zero-order valence-corrected chi connectivity index (χ0v) is 13.7. The van der Waals surface area contributed by atoms with Crippen LogP contribution in [0.4, 0.5) is 5.82 Å².